The van der Waals surface area contributed by atoms with E-state index in [1.807, 2.05) is 0 Å². The highest BCUT2D eigenvalue weighted by atomic mass is 35.5. The summed E-state index contributed by atoms with van der Waals surface area (Å²) in [6.45, 7) is 6.51. The van der Waals surface area contributed by atoms with Crippen molar-refractivity contribution in [1.82, 2.24) is 19.3 Å². The normalized spacial score (nSPS) is 16.9. The maximum Gasteiger partial charge on any atom is 0.246 e. The largest absolute Gasteiger partial charge is 0.338 e. The van der Waals surface area contributed by atoms with Crippen LogP contribution in [0.1, 0.15) is 25.6 Å². The lowest BCUT2D eigenvalue weighted by molar-refractivity contribution is 0.163. The molecule has 2 heterocycles. The van der Waals surface area contributed by atoms with Crippen LogP contribution in [0.4, 0.5) is 0 Å². The minimum atomic E-state index is -3.74. The van der Waals surface area contributed by atoms with Crippen LogP contribution in [0.25, 0.3) is 0 Å². The molecule has 0 radical (unpaired) electrons. The fourth-order valence-corrected chi connectivity index (χ4v) is 5.49. The van der Waals surface area contributed by atoms with Gasteiger partial charge >= 0.3 is 0 Å². The molecule has 0 bridgehead atoms. The lowest BCUT2D eigenvalue weighted by Gasteiger charge is -2.33. The second-order valence-corrected chi connectivity index (χ2v) is 9.62. The minimum absolute atomic E-state index is 0.0305. The molecule has 0 N–H and O–H groups in total. The van der Waals surface area contributed by atoms with Gasteiger partial charge in [-0.15, -0.1) is 0 Å². The number of rotatable bonds is 6. The predicted molar refractivity (Wildman–Crippen MR) is 103 cm³/mol. The zero-order chi connectivity index (χ0) is 19.6. The first-order valence-electron chi connectivity index (χ1n) is 8.75. The molecule has 148 valence electrons. The van der Waals surface area contributed by atoms with Crippen LogP contribution in [0.2, 0.25) is 10.0 Å². The van der Waals surface area contributed by atoms with E-state index in [2.05, 4.69) is 28.9 Å². The number of hydrogen-bond acceptors (Lipinski definition) is 6. The van der Waals surface area contributed by atoms with Crippen LogP contribution >= 0.6 is 23.2 Å². The van der Waals surface area contributed by atoms with Gasteiger partial charge in [0, 0.05) is 32.6 Å². The van der Waals surface area contributed by atoms with Gasteiger partial charge in [-0.3, -0.25) is 4.90 Å². The minimum Gasteiger partial charge on any atom is -0.338 e. The number of aromatic nitrogens is 2. The Morgan fingerprint density at radius 3 is 2.37 bits per heavy atom. The summed E-state index contributed by atoms with van der Waals surface area (Å²) < 4.78 is 32.5. The average Bonchev–Trinajstić information content (AvgIpc) is 3.01. The van der Waals surface area contributed by atoms with Crippen molar-refractivity contribution in [3.8, 4) is 0 Å². The van der Waals surface area contributed by atoms with Crippen LogP contribution in [0, 0.1) is 5.92 Å². The zero-order valence-electron chi connectivity index (χ0n) is 15.2. The van der Waals surface area contributed by atoms with E-state index in [1.54, 1.807) is 6.07 Å². The van der Waals surface area contributed by atoms with E-state index < -0.39 is 10.0 Å². The molecule has 2 aromatic rings. The van der Waals surface area contributed by atoms with Crippen LogP contribution in [-0.4, -0.2) is 53.9 Å². The molecule has 3 rings (SSSR count). The maximum atomic E-state index is 12.9. The summed E-state index contributed by atoms with van der Waals surface area (Å²) >= 11 is 12.2. The topological polar surface area (TPSA) is 79.5 Å². The Balaban J connectivity index is 1.62. The highest BCUT2D eigenvalue weighted by Gasteiger charge is 2.32. The molecular weight excluding hydrogens is 411 g/mol. The zero-order valence-corrected chi connectivity index (χ0v) is 17.6. The molecule has 0 spiro atoms. The van der Waals surface area contributed by atoms with Gasteiger partial charge in [-0.05, 0) is 18.1 Å². The van der Waals surface area contributed by atoms with Gasteiger partial charge in [0.25, 0.3) is 0 Å². The van der Waals surface area contributed by atoms with Crippen LogP contribution in [0.5, 0.6) is 0 Å². The molecule has 0 atom stereocenters. The highest BCUT2D eigenvalue weighted by Crippen LogP contribution is 2.31. The quantitative estimate of drug-likeness (QED) is 0.697. The number of hydrogen-bond donors (Lipinski definition) is 0. The monoisotopic (exact) mass is 432 g/mol. The van der Waals surface area contributed by atoms with Crippen molar-refractivity contribution in [3.63, 3.8) is 0 Å². The van der Waals surface area contributed by atoms with E-state index in [4.69, 9.17) is 27.7 Å². The first kappa shape index (κ1) is 20.5. The summed E-state index contributed by atoms with van der Waals surface area (Å²) in [5.41, 5.74) is 0. The first-order chi connectivity index (χ1) is 12.8. The molecule has 0 unspecified atom stereocenters. The van der Waals surface area contributed by atoms with Crippen LogP contribution < -0.4 is 0 Å². The summed E-state index contributed by atoms with van der Waals surface area (Å²) in [6.07, 6.45) is 0.772. The Morgan fingerprint density at radius 2 is 1.78 bits per heavy atom. The Morgan fingerprint density at radius 1 is 1.15 bits per heavy atom. The third-order valence-electron chi connectivity index (χ3n) is 4.31. The second kappa shape index (κ2) is 8.45. The Hall–Kier alpha value is -1.19. The summed E-state index contributed by atoms with van der Waals surface area (Å²) in [6, 6.07) is 4.68. The molecule has 0 amide bonds. The third-order valence-corrected chi connectivity index (χ3v) is 7.16. The SMILES string of the molecule is CC(C)Cc1noc(CN2CCN(S(=O)(=O)c3c(Cl)cccc3Cl)CC2)n1. The van der Waals surface area contributed by atoms with Gasteiger partial charge in [-0.2, -0.15) is 9.29 Å². The molecule has 7 nitrogen and oxygen atoms in total. The fraction of sp³-hybridized carbons (Fsp3) is 0.529. The third kappa shape index (κ3) is 4.81. The number of halogens is 2. The molecule has 27 heavy (non-hydrogen) atoms. The Kier molecular flexibility index (Phi) is 6.43. The van der Waals surface area contributed by atoms with E-state index >= 15 is 0 Å². The van der Waals surface area contributed by atoms with Gasteiger partial charge in [-0.1, -0.05) is 48.3 Å². The van der Waals surface area contributed by atoms with Crippen LogP contribution in [-0.2, 0) is 23.0 Å². The molecule has 1 saturated heterocycles. The van der Waals surface area contributed by atoms with Gasteiger partial charge in [-0.25, -0.2) is 8.42 Å². The van der Waals surface area contributed by atoms with Crippen molar-refractivity contribution >= 4 is 33.2 Å². The number of sulfonamides is 1. The van der Waals surface area contributed by atoms with Crippen molar-refractivity contribution < 1.29 is 12.9 Å². The summed E-state index contributed by atoms with van der Waals surface area (Å²) in [5.74, 6) is 1.71. The molecule has 1 aromatic carbocycles. The van der Waals surface area contributed by atoms with Crippen LogP contribution in [0.3, 0.4) is 0 Å². The molecule has 0 saturated carbocycles. The standard InChI is InChI=1S/C17H22Cl2N4O3S/c1-12(2)10-15-20-16(26-21-15)11-22-6-8-23(9-7-22)27(24,25)17-13(18)4-3-5-14(17)19/h3-5,12H,6-11H2,1-2H3. The molecule has 1 fully saturated rings. The van der Waals surface area contributed by atoms with E-state index in [1.165, 1.54) is 16.4 Å². The highest BCUT2D eigenvalue weighted by molar-refractivity contribution is 7.89. The van der Waals surface area contributed by atoms with Gasteiger partial charge < -0.3 is 4.52 Å². The fourth-order valence-electron chi connectivity index (χ4n) is 2.98. The van der Waals surface area contributed by atoms with E-state index in [0.29, 0.717) is 50.4 Å². The predicted octanol–water partition coefficient (Wildman–Crippen LogP) is 3.08. The maximum absolute atomic E-state index is 12.9. The smallest absolute Gasteiger partial charge is 0.246 e. The van der Waals surface area contributed by atoms with Gasteiger partial charge in [0.1, 0.15) is 4.90 Å². The number of piperazine rings is 1. The van der Waals surface area contributed by atoms with Crippen LogP contribution in [0.15, 0.2) is 27.6 Å². The van der Waals surface area contributed by atoms with Crippen molar-refractivity contribution in [1.29, 1.82) is 0 Å². The Labute approximate surface area is 169 Å². The number of benzene rings is 1. The average molecular weight is 433 g/mol. The van der Waals surface area contributed by atoms with E-state index in [0.717, 1.165) is 6.42 Å². The van der Waals surface area contributed by atoms with Crippen molar-refractivity contribution in [3.05, 3.63) is 40.0 Å². The first-order valence-corrected chi connectivity index (χ1v) is 10.9. The molecule has 1 aromatic heterocycles. The van der Waals surface area contributed by atoms with E-state index in [9.17, 15) is 8.42 Å². The molecule has 1 aliphatic rings. The molecule has 0 aliphatic carbocycles. The van der Waals surface area contributed by atoms with E-state index in [-0.39, 0.29) is 14.9 Å². The van der Waals surface area contributed by atoms with Gasteiger partial charge in [0.2, 0.25) is 15.9 Å². The lowest BCUT2D eigenvalue weighted by atomic mass is 10.1. The van der Waals surface area contributed by atoms with Crippen molar-refractivity contribution in [2.24, 2.45) is 5.92 Å². The molecule has 1 aliphatic heterocycles. The van der Waals surface area contributed by atoms with Gasteiger partial charge in [0.05, 0.1) is 16.6 Å². The summed E-state index contributed by atoms with van der Waals surface area (Å²) in [5, 5.41) is 4.25. The van der Waals surface area contributed by atoms with Crippen molar-refractivity contribution in [2.75, 3.05) is 26.2 Å². The lowest BCUT2D eigenvalue weighted by Crippen LogP contribution is -2.48. The molecular formula is C17H22Cl2N4O3S. The second-order valence-electron chi connectivity index (χ2n) is 6.93. The number of nitrogens with zero attached hydrogens (tertiary/aromatic N) is 4. The summed E-state index contributed by atoms with van der Waals surface area (Å²) in [4.78, 5) is 6.46. The van der Waals surface area contributed by atoms with Gasteiger partial charge in [0.15, 0.2) is 5.82 Å². The molecule has 10 heteroatoms. The van der Waals surface area contributed by atoms with Crippen molar-refractivity contribution in [2.45, 2.75) is 31.7 Å². The Bertz CT molecular complexity index is 873. The summed E-state index contributed by atoms with van der Waals surface area (Å²) in [7, 11) is -3.74.